The molecule has 174 valence electrons. The molecule has 1 saturated carbocycles. The lowest BCUT2D eigenvalue weighted by Crippen LogP contribution is -2.50. The third-order valence-electron chi connectivity index (χ3n) is 7.09. The van der Waals surface area contributed by atoms with E-state index < -0.39 is 0 Å². The molecule has 31 heavy (non-hydrogen) atoms. The highest BCUT2D eigenvalue weighted by Crippen LogP contribution is 2.40. The van der Waals surface area contributed by atoms with E-state index in [9.17, 15) is 9.59 Å². The van der Waals surface area contributed by atoms with Gasteiger partial charge in [0.1, 0.15) is 6.04 Å². The highest BCUT2D eigenvalue weighted by atomic mass is 16.5. The molecule has 0 spiro atoms. The van der Waals surface area contributed by atoms with Gasteiger partial charge in [0.15, 0.2) is 12.6 Å². The van der Waals surface area contributed by atoms with Gasteiger partial charge in [-0.2, -0.15) is 4.68 Å². The molecule has 0 amide bonds. The van der Waals surface area contributed by atoms with Gasteiger partial charge < -0.3 is 14.8 Å². The summed E-state index contributed by atoms with van der Waals surface area (Å²) in [6, 6.07) is -0.176. The van der Waals surface area contributed by atoms with Gasteiger partial charge in [-0.15, -0.1) is 5.10 Å². The number of carbonyl (C=O) groups is 2. The van der Waals surface area contributed by atoms with E-state index in [1.807, 2.05) is 0 Å². The molecule has 0 radical (unpaired) electrons. The maximum atomic E-state index is 12.6. The van der Waals surface area contributed by atoms with Gasteiger partial charge in [-0.25, -0.2) is 0 Å². The number of hydrogen-bond donors (Lipinski definition) is 1. The summed E-state index contributed by atoms with van der Waals surface area (Å²) in [7, 11) is 0. The Labute approximate surface area is 184 Å². The molecule has 1 N–H and O–H groups in total. The number of piperidine rings is 1. The van der Waals surface area contributed by atoms with Gasteiger partial charge in [-0.05, 0) is 66.3 Å². The third-order valence-corrected chi connectivity index (χ3v) is 7.09. The van der Waals surface area contributed by atoms with Crippen molar-refractivity contribution in [1.29, 1.82) is 0 Å². The first kappa shape index (κ1) is 23.6. The number of ether oxygens (including phenoxy) is 2. The van der Waals surface area contributed by atoms with Crippen LogP contribution in [0, 0.1) is 23.7 Å². The first-order valence-corrected chi connectivity index (χ1v) is 11.8. The second kappa shape index (κ2) is 11.5. The van der Waals surface area contributed by atoms with E-state index in [0.29, 0.717) is 30.3 Å². The van der Waals surface area contributed by atoms with Crippen LogP contribution in [0.2, 0.25) is 0 Å². The van der Waals surface area contributed by atoms with E-state index in [1.165, 1.54) is 19.8 Å². The van der Waals surface area contributed by atoms with Crippen LogP contribution >= 0.6 is 0 Å². The molecule has 2 heterocycles. The van der Waals surface area contributed by atoms with Crippen molar-refractivity contribution >= 4 is 11.9 Å². The summed E-state index contributed by atoms with van der Waals surface area (Å²) in [4.78, 5) is 23.6. The van der Waals surface area contributed by atoms with Gasteiger partial charge in [-0.3, -0.25) is 9.59 Å². The lowest BCUT2D eigenvalue weighted by molar-refractivity contribution is -0.149. The first-order chi connectivity index (χ1) is 15.0. The van der Waals surface area contributed by atoms with Gasteiger partial charge in [0, 0.05) is 13.3 Å². The van der Waals surface area contributed by atoms with Gasteiger partial charge in [-0.1, -0.05) is 33.1 Å². The number of fused-ring (bicyclic) bond motifs is 1. The Bertz CT molecular complexity index is 721. The van der Waals surface area contributed by atoms with E-state index >= 15 is 0 Å². The normalized spacial score (nSPS) is 25.8. The Morgan fingerprint density at radius 1 is 1.16 bits per heavy atom. The lowest BCUT2D eigenvalue weighted by Gasteiger charge is -2.42. The summed E-state index contributed by atoms with van der Waals surface area (Å²) >= 11 is 0. The van der Waals surface area contributed by atoms with Crippen molar-refractivity contribution in [3.05, 3.63) is 5.82 Å². The highest BCUT2D eigenvalue weighted by Gasteiger charge is 2.38. The molecule has 0 aromatic carbocycles. The SMILES string of the molecule is CCC(CC)COC(=O)C1CC2CC(CCc3nnnn3COC(C)=O)CCC2CN1. The maximum Gasteiger partial charge on any atom is 0.323 e. The number of esters is 2. The summed E-state index contributed by atoms with van der Waals surface area (Å²) in [5, 5.41) is 15.1. The van der Waals surface area contributed by atoms with Crippen LogP contribution in [0.1, 0.15) is 71.5 Å². The molecule has 0 bridgehead atoms. The molecule has 9 heteroatoms. The predicted octanol–water partition coefficient (Wildman–Crippen LogP) is 2.50. The molecule has 2 aliphatic rings. The minimum Gasteiger partial charge on any atom is -0.464 e. The molecule has 1 saturated heterocycles. The van der Waals surface area contributed by atoms with Crippen molar-refractivity contribution in [3.8, 4) is 0 Å². The fourth-order valence-corrected chi connectivity index (χ4v) is 4.92. The summed E-state index contributed by atoms with van der Waals surface area (Å²) in [6.45, 7) is 7.15. The van der Waals surface area contributed by atoms with Gasteiger partial charge in [0.2, 0.25) is 0 Å². The summed E-state index contributed by atoms with van der Waals surface area (Å²) in [5.74, 6) is 2.57. The Hall–Kier alpha value is -2.03. The van der Waals surface area contributed by atoms with E-state index in [4.69, 9.17) is 9.47 Å². The van der Waals surface area contributed by atoms with Crippen LogP contribution in [0.4, 0.5) is 0 Å². The average molecular weight is 436 g/mol. The zero-order chi connectivity index (χ0) is 22.2. The molecular formula is C22H37N5O4. The zero-order valence-electron chi connectivity index (χ0n) is 19.1. The minimum absolute atomic E-state index is 0.0550. The van der Waals surface area contributed by atoms with Crippen molar-refractivity contribution in [2.24, 2.45) is 23.7 Å². The van der Waals surface area contributed by atoms with Crippen molar-refractivity contribution in [2.45, 2.75) is 84.9 Å². The summed E-state index contributed by atoms with van der Waals surface area (Å²) in [5.41, 5.74) is 0. The number of aromatic nitrogens is 4. The van der Waals surface area contributed by atoms with Crippen molar-refractivity contribution in [1.82, 2.24) is 25.5 Å². The Balaban J connectivity index is 1.46. The highest BCUT2D eigenvalue weighted by molar-refractivity contribution is 5.76. The Kier molecular flexibility index (Phi) is 8.80. The van der Waals surface area contributed by atoms with E-state index in [-0.39, 0.29) is 24.7 Å². The minimum atomic E-state index is -0.348. The number of carbonyl (C=O) groups excluding carboxylic acids is 2. The molecule has 3 rings (SSSR count). The fourth-order valence-electron chi connectivity index (χ4n) is 4.92. The molecule has 9 nitrogen and oxygen atoms in total. The first-order valence-electron chi connectivity index (χ1n) is 11.8. The summed E-state index contributed by atoms with van der Waals surface area (Å²) < 4.78 is 12.2. The van der Waals surface area contributed by atoms with Crippen LogP contribution < -0.4 is 5.32 Å². The number of tetrazole rings is 1. The predicted molar refractivity (Wildman–Crippen MR) is 114 cm³/mol. The molecule has 1 aromatic rings. The number of aryl methyl sites for hydroxylation is 1. The molecule has 2 fully saturated rings. The van der Waals surface area contributed by atoms with Crippen LogP contribution in [-0.2, 0) is 32.2 Å². The second-order valence-electron chi connectivity index (χ2n) is 9.11. The number of rotatable bonds is 10. The molecule has 4 atom stereocenters. The summed E-state index contributed by atoms with van der Waals surface area (Å²) in [6.07, 6.45) is 8.23. The topological polar surface area (TPSA) is 108 Å². The van der Waals surface area contributed by atoms with Crippen molar-refractivity contribution in [3.63, 3.8) is 0 Å². The Morgan fingerprint density at radius 2 is 1.97 bits per heavy atom. The monoisotopic (exact) mass is 435 g/mol. The van der Waals surface area contributed by atoms with Crippen molar-refractivity contribution < 1.29 is 19.1 Å². The van der Waals surface area contributed by atoms with Crippen LogP contribution in [-0.4, -0.2) is 51.3 Å². The van der Waals surface area contributed by atoms with Gasteiger partial charge in [0.25, 0.3) is 0 Å². The van der Waals surface area contributed by atoms with E-state index in [1.54, 1.807) is 4.68 Å². The quantitative estimate of drug-likeness (QED) is 0.559. The maximum absolute atomic E-state index is 12.6. The van der Waals surface area contributed by atoms with E-state index in [2.05, 4.69) is 34.7 Å². The van der Waals surface area contributed by atoms with Crippen LogP contribution in [0.25, 0.3) is 0 Å². The van der Waals surface area contributed by atoms with Crippen molar-refractivity contribution in [2.75, 3.05) is 13.2 Å². The molecule has 4 unspecified atom stereocenters. The van der Waals surface area contributed by atoms with Gasteiger partial charge in [0.05, 0.1) is 6.61 Å². The fraction of sp³-hybridized carbons (Fsp3) is 0.864. The Morgan fingerprint density at radius 3 is 2.71 bits per heavy atom. The molecule has 1 aliphatic heterocycles. The van der Waals surface area contributed by atoms with E-state index in [0.717, 1.165) is 50.9 Å². The molecule has 1 aliphatic carbocycles. The van der Waals surface area contributed by atoms with Gasteiger partial charge >= 0.3 is 11.9 Å². The molecule has 1 aromatic heterocycles. The van der Waals surface area contributed by atoms with Crippen LogP contribution in [0.5, 0.6) is 0 Å². The zero-order valence-corrected chi connectivity index (χ0v) is 19.1. The molecular weight excluding hydrogens is 398 g/mol. The number of hydrogen-bond acceptors (Lipinski definition) is 8. The standard InChI is InChI=1S/C22H37N5O4/c1-4-16(5-2)13-30-22(29)20-11-19-10-17(6-8-18(19)12-23-20)7-9-21-24-25-26-27(21)14-31-15(3)28/h16-20,23H,4-14H2,1-3H3. The third kappa shape index (κ3) is 6.72. The number of nitrogens with zero attached hydrogens (tertiary/aromatic N) is 4. The smallest absolute Gasteiger partial charge is 0.323 e. The average Bonchev–Trinajstić information content (AvgIpc) is 3.23. The van der Waals surface area contributed by atoms with Crippen LogP contribution in [0.15, 0.2) is 0 Å². The second-order valence-corrected chi connectivity index (χ2v) is 9.11. The largest absolute Gasteiger partial charge is 0.464 e. The number of nitrogens with one attached hydrogen (secondary N) is 1. The van der Waals surface area contributed by atoms with Crippen LogP contribution in [0.3, 0.4) is 0 Å². The lowest BCUT2D eigenvalue weighted by atomic mass is 9.69.